The van der Waals surface area contributed by atoms with Crippen LogP contribution >= 0.6 is 15.9 Å². The van der Waals surface area contributed by atoms with Gasteiger partial charge >= 0.3 is 12.1 Å². The van der Waals surface area contributed by atoms with Gasteiger partial charge in [0.25, 0.3) is 0 Å². The molecule has 0 radical (unpaired) electrons. The van der Waals surface area contributed by atoms with Gasteiger partial charge in [-0.25, -0.2) is 14.6 Å². The molecule has 1 amide bonds. The number of nitrogens with zero attached hydrogens (tertiary/aromatic N) is 2. The highest BCUT2D eigenvalue weighted by Gasteiger charge is 2.27. The highest BCUT2D eigenvalue weighted by molar-refractivity contribution is 9.10. The molecule has 1 heterocycles. The normalized spacial score (nSPS) is 11.6. The number of hydrogen-bond donors (Lipinski definition) is 0. The molecule has 1 aromatic carbocycles. The molecular formula is C24H31BrN2O7. The first kappa shape index (κ1) is 27.2. The molecule has 1 aromatic heterocycles. The van der Waals surface area contributed by atoms with Gasteiger partial charge in [-0.1, -0.05) is 15.9 Å². The minimum Gasteiger partial charge on any atom is -0.493 e. The van der Waals surface area contributed by atoms with E-state index in [-0.39, 0.29) is 12.1 Å². The van der Waals surface area contributed by atoms with E-state index in [1.807, 2.05) is 0 Å². The van der Waals surface area contributed by atoms with Crippen molar-refractivity contribution in [1.82, 2.24) is 4.68 Å². The summed E-state index contributed by atoms with van der Waals surface area (Å²) >= 11 is 3.50. The molecule has 9 nitrogen and oxygen atoms in total. The van der Waals surface area contributed by atoms with Gasteiger partial charge < -0.3 is 18.9 Å². The maximum atomic E-state index is 13.2. The summed E-state index contributed by atoms with van der Waals surface area (Å²) in [6.07, 6.45) is 1.96. The minimum absolute atomic E-state index is 0.0203. The molecule has 0 fully saturated rings. The van der Waals surface area contributed by atoms with E-state index in [4.69, 9.17) is 18.9 Å². The molecule has 0 saturated carbocycles. The third-order valence-corrected chi connectivity index (χ3v) is 5.02. The Morgan fingerprint density at radius 3 is 2.06 bits per heavy atom. The van der Waals surface area contributed by atoms with Gasteiger partial charge in [0, 0.05) is 22.9 Å². The number of carbonyl (C=O) groups is 2. The molecular weight excluding hydrogens is 508 g/mol. The van der Waals surface area contributed by atoms with Crippen LogP contribution < -0.4 is 19.9 Å². The fourth-order valence-electron chi connectivity index (χ4n) is 2.84. The Morgan fingerprint density at radius 1 is 0.971 bits per heavy atom. The van der Waals surface area contributed by atoms with Crippen molar-refractivity contribution in [2.24, 2.45) is 0 Å². The van der Waals surface area contributed by atoms with Crippen molar-refractivity contribution in [3.63, 3.8) is 0 Å². The van der Waals surface area contributed by atoms with E-state index in [1.54, 1.807) is 53.7 Å². The van der Waals surface area contributed by atoms with Crippen molar-refractivity contribution in [2.75, 3.05) is 19.2 Å². The predicted octanol–water partition coefficient (Wildman–Crippen LogP) is 4.66. The van der Waals surface area contributed by atoms with Crippen molar-refractivity contribution in [3.8, 4) is 11.5 Å². The topological polar surface area (TPSA) is 96.3 Å². The number of carbonyl (C=O) groups excluding carboxylic acids is 2. The molecule has 0 saturated heterocycles. The molecule has 0 aliphatic heterocycles. The van der Waals surface area contributed by atoms with Crippen LogP contribution in [0.25, 0.3) is 0 Å². The summed E-state index contributed by atoms with van der Waals surface area (Å²) in [6, 6.07) is 4.64. The summed E-state index contributed by atoms with van der Waals surface area (Å²) in [7, 11) is 3.03. The first-order valence-corrected chi connectivity index (χ1v) is 11.3. The second kappa shape index (κ2) is 10.5. The quantitative estimate of drug-likeness (QED) is 0.493. The van der Waals surface area contributed by atoms with Gasteiger partial charge in [0.15, 0.2) is 16.9 Å². The van der Waals surface area contributed by atoms with Crippen LogP contribution in [0.3, 0.4) is 0 Å². The second-order valence-electron chi connectivity index (χ2n) is 9.44. The zero-order chi connectivity index (χ0) is 25.8. The van der Waals surface area contributed by atoms with Gasteiger partial charge in [-0.15, -0.1) is 0 Å². The average molecular weight is 539 g/mol. The van der Waals surface area contributed by atoms with Crippen molar-refractivity contribution < 1.29 is 28.5 Å². The third-order valence-electron chi connectivity index (χ3n) is 4.28. The summed E-state index contributed by atoms with van der Waals surface area (Å²) in [5, 5.41) is 1.25. The van der Waals surface area contributed by atoms with Gasteiger partial charge in [0.1, 0.15) is 16.8 Å². The number of esters is 1. The second-order valence-corrected chi connectivity index (χ2v) is 10.3. The van der Waals surface area contributed by atoms with E-state index in [2.05, 4.69) is 15.9 Å². The van der Waals surface area contributed by atoms with Crippen molar-refractivity contribution in [2.45, 2.75) is 59.3 Å². The van der Waals surface area contributed by atoms with E-state index in [1.165, 1.54) is 42.4 Å². The van der Waals surface area contributed by atoms with Crippen LogP contribution in [0, 0.1) is 0 Å². The van der Waals surface area contributed by atoms with Crippen LogP contribution in [-0.2, 0) is 16.0 Å². The lowest BCUT2D eigenvalue weighted by atomic mass is 10.2. The highest BCUT2D eigenvalue weighted by atomic mass is 79.9. The number of rotatable bonds is 6. The minimum atomic E-state index is -0.792. The molecule has 0 N–H and O–H groups in total. The van der Waals surface area contributed by atoms with Gasteiger partial charge in [-0.3, -0.25) is 9.47 Å². The molecule has 0 aliphatic rings. The maximum Gasteiger partial charge on any atom is 0.429 e. The first-order chi connectivity index (χ1) is 15.6. The number of amides is 1. The molecule has 0 aliphatic carbocycles. The molecule has 10 heteroatoms. The monoisotopic (exact) mass is 538 g/mol. The van der Waals surface area contributed by atoms with Crippen molar-refractivity contribution in [1.29, 1.82) is 0 Å². The van der Waals surface area contributed by atoms with Gasteiger partial charge in [-0.05, 0) is 59.2 Å². The van der Waals surface area contributed by atoms with Gasteiger partial charge in [0.05, 0.1) is 20.8 Å². The fourth-order valence-corrected chi connectivity index (χ4v) is 3.29. The number of aromatic nitrogens is 1. The Labute approximate surface area is 207 Å². The molecule has 2 rings (SSSR count). The van der Waals surface area contributed by atoms with Crippen LogP contribution in [0.1, 0.15) is 57.5 Å². The smallest absolute Gasteiger partial charge is 0.429 e. The van der Waals surface area contributed by atoms with E-state index in [9.17, 15) is 14.4 Å². The average Bonchev–Trinajstić information content (AvgIpc) is 2.70. The predicted molar refractivity (Wildman–Crippen MR) is 131 cm³/mol. The molecule has 0 atom stereocenters. The first-order valence-electron chi connectivity index (χ1n) is 10.5. The SMILES string of the molecule is COc1cc(Br)c(CN(C(=O)OC(C)(C)C)n2ccc(=O)c(C(=O)OC(C)(C)C)c2)cc1OC. The standard InChI is InChI=1S/C24H31BrN2O7/c1-23(2,3)33-21(29)16-14-26(10-9-18(16)28)27(22(30)34-24(4,5)6)13-15-11-19(31-7)20(32-8)12-17(15)25/h9-12,14H,13H2,1-8H3. The maximum absolute atomic E-state index is 13.2. The van der Waals surface area contributed by atoms with Crippen LogP contribution in [0.2, 0.25) is 0 Å². The fraction of sp³-hybridized carbons (Fsp3) is 0.458. The number of hydrogen-bond acceptors (Lipinski definition) is 7. The van der Waals surface area contributed by atoms with Crippen molar-refractivity contribution >= 4 is 28.0 Å². The molecule has 0 spiro atoms. The molecule has 0 bridgehead atoms. The summed E-state index contributed by atoms with van der Waals surface area (Å²) in [4.78, 5) is 38.2. The van der Waals surface area contributed by atoms with E-state index in [0.717, 1.165) is 0 Å². The molecule has 2 aromatic rings. The van der Waals surface area contributed by atoms with Crippen LogP contribution in [0.4, 0.5) is 4.79 Å². The number of halogens is 1. The molecule has 34 heavy (non-hydrogen) atoms. The van der Waals surface area contributed by atoms with Crippen LogP contribution in [-0.4, -0.2) is 42.2 Å². The van der Waals surface area contributed by atoms with Gasteiger partial charge in [0.2, 0.25) is 0 Å². The van der Waals surface area contributed by atoms with Gasteiger partial charge in [-0.2, -0.15) is 0 Å². The van der Waals surface area contributed by atoms with E-state index >= 15 is 0 Å². The Balaban J connectivity index is 2.57. The van der Waals surface area contributed by atoms with Crippen LogP contribution in [0.15, 0.2) is 39.9 Å². The lowest BCUT2D eigenvalue weighted by molar-refractivity contribution is 0.00661. The summed E-state index contributed by atoms with van der Waals surface area (Å²) < 4.78 is 23.6. The third kappa shape index (κ3) is 7.24. The molecule has 0 unspecified atom stereocenters. The number of benzene rings is 1. The lowest BCUT2D eigenvalue weighted by Crippen LogP contribution is -2.44. The Kier molecular flexibility index (Phi) is 8.41. The Bertz CT molecular complexity index is 1110. The molecule has 186 valence electrons. The zero-order valence-electron chi connectivity index (χ0n) is 20.7. The highest BCUT2D eigenvalue weighted by Crippen LogP contribution is 2.34. The van der Waals surface area contributed by atoms with E-state index in [0.29, 0.717) is 21.5 Å². The van der Waals surface area contributed by atoms with E-state index < -0.39 is 28.7 Å². The number of ether oxygens (including phenoxy) is 4. The summed E-state index contributed by atoms with van der Waals surface area (Å²) in [5.74, 6) is 0.194. The largest absolute Gasteiger partial charge is 0.493 e. The van der Waals surface area contributed by atoms with Crippen LogP contribution in [0.5, 0.6) is 11.5 Å². The Hall–Kier alpha value is -3.01. The number of pyridine rings is 1. The Morgan fingerprint density at radius 2 is 1.53 bits per heavy atom. The number of methoxy groups -OCH3 is 2. The zero-order valence-corrected chi connectivity index (χ0v) is 22.3. The summed E-state index contributed by atoms with van der Waals surface area (Å²) in [5.41, 5.74) is -1.64. The van der Waals surface area contributed by atoms with Crippen molar-refractivity contribution in [3.05, 3.63) is 56.4 Å². The lowest BCUT2D eigenvalue weighted by Gasteiger charge is -2.29. The summed E-state index contributed by atoms with van der Waals surface area (Å²) in [6.45, 7) is 10.4.